The summed E-state index contributed by atoms with van der Waals surface area (Å²) in [6.07, 6.45) is 5.78. The van der Waals surface area contributed by atoms with E-state index in [1.807, 2.05) is 6.07 Å². The first-order valence-electron chi connectivity index (χ1n) is 14.4. The van der Waals surface area contributed by atoms with E-state index in [0.717, 1.165) is 35.1 Å². The molecule has 47 heavy (non-hydrogen) atoms. The summed E-state index contributed by atoms with van der Waals surface area (Å²) in [7, 11) is -7.28. The second-order valence-electron chi connectivity index (χ2n) is 11.0. The summed E-state index contributed by atoms with van der Waals surface area (Å²) in [5.41, 5.74) is 10.3. The van der Waals surface area contributed by atoms with Gasteiger partial charge in [-0.15, -0.1) is 22.7 Å². The molecule has 0 saturated heterocycles. The van der Waals surface area contributed by atoms with Crippen LogP contribution in [0.1, 0.15) is 32.6 Å². The summed E-state index contributed by atoms with van der Waals surface area (Å²) in [5, 5.41) is 7.02. The maximum absolute atomic E-state index is 13.0. The highest BCUT2D eigenvalue weighted by molar-refractivity contribution is 7.93. The van der Waals surface area contributed by atoms with Crippen LogP contribution in [-0.2, 0) is 45.7 Å². The van der Waals surface area contributed by atoms with E-state index in [1.54, 1.807) is 47.3 Å². The van der Waals surface area contributed by atoms with Gasteiger partial charge in [0.2, 0.25) is 0 Å². The highest BCUT2D eigenvalue weighted by Gasteiger charge is 2.26. The summed E-state index contributed by atoms with van der Waals surface area (Å²) in [5.74, 6) is -0.680. The molecule has 244 valence electrons. The molecule has 0 radical (unpaired) electrons. The van der Waals surface area contributed by atoms with Crippen molar-refractivity contribution in [2.75, 3.05) is 9.44 Å². The maximum atomic E-state index is 13.0. The molecule has 0 aliphatic heterocycles. The second kappa shape index (κ2) is 13.5. The van der Waals surface area contributed by atoms with Crippen molar-refractivity contribution in [3.8, 4) is 0 Å². The van der Waals surface area contributed by atoms with Gasteiger partial charge in [-0.3, -0.25) is 14.2 Å². The number of hydrogen-bond acceptors (Lipinski definition) is 10. The van der Waals surface area contributed by atoms with E-state index in [9.17, 15) is 26.0 Å². The van der Waals surface area contributed by atoms with Gasteiger partial charge in [0.1, 0.15) is 5.82 Å². The van der Waals surface area contributed by atoms with E-state index < -0.39 is 25.9 Å². The van der Waals surface area contributed by atoms with Crippen molar-refractivity contribution in [3.63, 3.8) is 0 Å². The molecule has 5 N–H and O–H groups in total. The summed E-state index contributed by atoms with van der Waals surface area (Å²) in [6, 6.07) is 15.4. The molecular weight excluding hydrogens is 684 g/mol. The fourth-order valence-electron chi connectivity index (χ4n) is 5.42. The quantitative estimate of drug-likeness (QED) is 0.184. The maximum Gasteiger partial charge on any atom is 0.263 e. The number of nitrogens with zero attached hydrogens (tertiary/aromatic N) is 2. The Balaban J connectivity index is 0.000000177. The first-order chi connectivity index (χ1) is 22.4. The number of halogens is 1. The lowest BCUT2D eigenvalue weighted by Crippen LogP contribution is -2.35. The van der Waals surface area contributed by atoms with Crippen molar-refractivity contribution in [2.45, 2.75) is 47.6 Å². The lowest BCUT2D eigenvalue weighted by molar-refractivity contribution is 0.0938. The Morgan fingerprint density at radius 3 is 1.74 bits per heavy atom. The molecule has 2 aliphatic carbocycles. The van der Waals surface area contributed by atoms with E-state index in [2.05, 4.69) is 24.7 Å². The Hall–Kier alpha value is -4.22. The predicted molar refractivity (Wildman–Crippen MR) is 179 cm³/mol. The molecular formula is C31H29FN6O5S4. The van der Waals surface area contributed by atoms with Crippen molar-refractivity contribution in [1.82, 2.24) is 15.3 Å². The van der Waals surface area contributed by atoms with E-state index in [0.29, 0.717) is 28.7 Å². The number of nitrogens with two attached hydrogens (primary N) is 1. The number of benzene rings is 3. The van der Waals surface area contributed by atoms with Crippen LogP contribution in [-0.4, -0.2) is 44.8 Å². The van der Waals surface area contributed by atoms with Gasteiger partial charge in [0.05, 0.1) is 9.79 Å². The van der Waals surface area contributed by atoms with Gasteiger partial charge >= 0.3 is 0 Å². The Bertz CT molecular complexity index is 2110. The van der Waals surface area contributed by atoms with Crippen LogP contribution in [0.3, 0.4) is 0 Å². The Morgan fingerprint density at radius 1 is 0.723 bits per heavy atom. The number of fused-ring (bicyclic) bond motifs is 2. The second-order valence-corrected chi connectivity index (χ2v) is 16.2. The number of sulfonamides is 2. The summed E-state index contributed by atoms with van der Waals surface area (Å²) in [4.78, 5) is 20.6. The van der Waals surface area contributed by atoms with Gasteiger partial charge in [0.15, 0.2) is 10.3 Å². The number of rotatable bonds is 8. The molecule has 0 bridgehead atoms. The Kier molecular flexibility index (Phi) is 9.39. The SMILES string of the molecule is NC1Cc2ccc(S(=O)(=O)Nc3nccs3)cc2C1.O=C(NC1Cc2ccc(S(=O)(=O)Nc3nccs3)cc2C1)c1ccc(F)cc1. The van der Waals surface area contributed by atoms with Crippen LogP contribution in [0.4, 0.5) is 14.7 Å². The van der Waals surface area contributed by atoms with Crippen LogP contribution in [0.2, 0.25) is 0 Å². The topological polar surface area (TPSA) is 173 Å². The fraction of sp³-hybridized carbons (Fsp3) is 0.194. The van der Waals surface area contributed by atoms with Crippen LogP contribution in [0, 0.1) is 5.82 Å². The number of thiazole rings is 2. The molecule has 2 unspecified atom stereocenters. The highest BCUT2D eigenvalue weighted by atomic mass is 32.2. The first-order valence-corrected chi connectivity index (χ1v) is 19.1. The lowest BCUT2D eigenvalue weighted by atomic mass is 10.1. The number of carbonyl (C=O) groups excluding carboxylic acids is 1. The summed E-state index contributed by atoms with van der Waals surface area (Å²) < 4.78 is 67.4. The number of anilines is 2. The van der Waals surface area contributed by atoms with Crippen molar-refractivity contribution in [2.24, 2.45) is 5.73 Å². The molecule has 2 aliphatic rings. The van der Waals surface area contributed by atoms with E-state index in [-0.39, 0.29) is 27.8 Å². The zero-order valence-corrected chi connectivity index (χ0v) is 27.9. The standard InChI is InChI=1S/C19H16FN3O3S2.C12H13N3O2S2/c20-15-4-1-12(2-5-15)18(24)22-16-9-13-3-6-17(11-14(13)10-16)28(25,26)23-19-21-7-8-27-19;13-10-5-8-1-2-11(7-9(8)6-10)19(16,17)15-12-14-3-4-18-12/h1-8,11,16H,9-10H2,(H,21,23)(H,22,24);1-4,7,10H,5-6,13H2,(H,14,15). The van der Waals surface area contributed by atoms with Crippen LogP contribution < -0.4 is 20.5 Å². The van der Waals surface area contributed by atoms with Crippen molar-refractivity contribution >= 4 is 58.9 Å². The van der Waals surface area contributed by atoms with Gasteiger partial charge in [-0.2, -0.15) is 0 Å². The molecule has 11 nitrogen and oxygen atoms in total. The highest BCUT2D eigenvalue weighted by Crippen LogP contribution is 2.28. The minimum atomic E-state index is -3.72. The minimum Gasteiger partial charge on any atom is -0.349 e. The summed E-state index contributed by atoms with van der Waals surface area (Å²) in [6.45, 7) is 0. The molecule has 0 saturated carbocycles. The predicted octanol–water partition coefficient (Wildman–Crippen LogP) is 4.35. The third-order valence-electron chi connectivity index (χ3n) is 7.62. The van der Waals surface area contributed by atoms with Gasteiger partial charge in [0.25, 0.3) is 26.0 Å². The third kappa shape index (κ3) is 7.85. The Morgan fingerprint density at radius 2 is 1.21 bits per heavy atom. The van der Waals surface area contributed by atoms with Gasteiger partial charge in [-0.05, 0) is 96.5 Å². The van der Waals surface area contributed by atoms with Gasteiger partial charge in [-0.1, -0.05) is 12.1 Å². The van der Waals surface area contributed by atoms with Crippen LogP contribution >= 0.6 is 22.7 Å². The smallest absolute Gasteiger partial charge is 0.263 e. The van der Waals surface area contributed by atoms with Crippen LogP contribution in [0.5, 0.6) is 0 Å². The van der Waals surface area contributed by atoms with Crippen molar-refractivity contribution < 1.29 is 26.0 Å². The number of nitrogens with one attached hydrogen (secondary N) is 3. The lowest BCUT2D eigenvalue weighted by Gasteiger charge is -2.12. The number of amides is 1. The van der Waals surface area contributed by atoms with Gasteiger partial charge in [0, 0.05) is 40.8 Å². The van der Waals surface area contributed by atoms with Gasteiger partial charge < -0.3 is 11.1 Å². The van der Waals surface area contributed by atoms with E-state index >= 15 is 0 Å². The molecule has 7 rings (SSSR count). The zero-order chi connectivity index (χ0) is 33.2. The zero-order valence-electron chi connectivity index (χ0n) is 24.6. The number of carbonyl (C=O) groups is 1. The van der Waals surface area contributed by atoms with Crippen LogP contribution in [0.15, 0.2) is 93.6 Å². The molecule has 3 aromatic carbocycles. The molecule has 0 fully saturated rings. The third-order valence-corrected chi connectivity index (χ3v) is 11.9. The number of aromatic nitrogens is 2. The molecule has 2 atom stereocenters. The molecule has 0 spiro atoms. The minimum absolute atomic E-state index is 0.0971. The number of hydrogen-bond donors (Lipinski definition) is 4. The average Bonchev–Trinajstić information content (AvgIpc) is 3.84. The fourth-order valence-corrected chi connectivity index (χ4v) is 9.10. The first kappa shape index (κ1) is 32.7. The summed E-state index contributed by atoms with van der Waals surface area (Å²) >= 11 is 2.45. The molecule has 1 amide bonds. The van der Waals surface area contributed by atoms with Crippen molar-refractivity contribution in [1.29, 1.82) is 0 Å². The van der Waals surface area contributed by atoms with Crippen LogP contribution in [0.25, 0.3) is 0 Å². The Labute approximate surface area is 279 Å². The largest absolute Gasteiger partial charge is 0.349 e. The van der Waals surface area contributed by atoms with Crippen molar-refractivity contribution in [3.05, 3.63) is 117 Å². The normalized spacial score (nSPS) is 16.8. The van der Waals surface area contributed by atoms with Gasteiger partial charge in [-0.25, -0.2) is 31.2 Å². The monoisotopic (exact) mass is 712 g/mol. The molecule has 5 aromatic rings. The molecule has 16 heteroatoms. The van der Waals surface area contributed by atoms with E-state index in [1.165, 1.54) is 53.1 Å². The molecule has 2 aromatic heterocycles. The average molecular weight is 713 g/mol. The van der Waals surface area contributed by atoms with E-state index in [4.69, 9.17) is 5.73 Å². The molecule has 2 heterocycles.